The zero-order chi connectivity index (χ0) is 22.5. The standard InChI is InChI=1S/C23H23ClFNO5/c1-29-16-7-9-18(20(12-16)30-2)22(27)26-15-6-4-13(10-15)21(23(28)31-3)17-8-5-14(25)11-19(17)24/h4-9,11-13,15,21H,10H2,1-3H3,(H,26,27)/t13-,15-,21+/m1/s1. The van der Waals surface area contributed by atoms with Gasteiger partial charge in [-0.25, -0.2) is 4.39 Å². The Morgan fingerprint density at radius 2 is 1.87 bits per heavy atom. The number of carbonyl (C=O) groups excluding carboxylic acids is 2. The summed E-state index contributed by atoms with van der Waals surface area (Å²) in [5, 5.41) is 3.08. The maximum atomic E-state index is 13.5. The molecule has 0 heterocycles. The molecule has 0 aromatic heterocycles. The monoisotopic (exact) mass is 447 g/mol. The third-order valence-corrected chi connectivity index (χ3v) is 5.59. The highest BCUT2D eigenvalue weighted by Gasteiger charge is 2.35. The third-order valence-electron chi connectivity index (χ3n) is 5.27. The van der Waals surface area contributed by atoms with E-state index in [2.05, 4.69) is 5.32 Å². The molecule has 164 valence electrons. The molecule has 1 aliphatic carbocycles. The summed E-state index contributed by atoms with van der Waals surface area (Å²) in [5.74, 6) is -1.31. The molecular formula is C23H23ClFNO5. The fourth-order valence-electron chi connectivity index (χ4n) is 3.73. The van der Waals surface area contributed by atoms with Crippen LogP contribution in [0.4, 0.5) is 4.39 Å². The van der Waals surface area contributed by atoms with Crippen molar-refractivity contribution in [1.29, 1.82) is 0 Å². The van der Waals surface area contributed by atoms with E-state index in [0.717, 1.165) is 0 Å². The van der Waals surface area contributed by atoms with E-state index < -0.39 is 17.7 Å². The molecule has 0 radical (unpaired) electrons. The fraction of sp³-hybridized carbons (Fsp3) is 0.304. The number of methoxy groups -OCH3 is 3. The molecule has 2 aromatic rings. The van der Waals surface area contributed by atoms with E-state index in [4.69, 9.17) is 25.8 Å². The smallest absolute Gasteiger partial charge is 0.313 e. The van der Waals surface area contributed by atoms with Gasteiger partial charge in [-0.05, 0) is 42.2 Å². The van der Waals surface area contributed by atoms with Gasteiger partial charge in [-0.15, -0.1) is 0 Å². The first-order chi connectivity index (χ1) is 14.9. The quantitative estimate of drug-likeness (QED) is 0.510. The van der Waals surface area contributed by atoms with Crippen LogP contribution in [-0.4, -0.2) is 39.2 Å². The molecule has 0 bridgehead atoms. The molecular weight excluding hydrogens is 425 g/mol. The minimum atomic E-state index is -0.716. The van der Waals surface area contributed by atoms with Crippen LogP contribution in [0.1, 0.15) is 28.3 Å². The summed E-state index contributed by atoms with van der Waals surface area (Å²) >= 11 is 6.20. The van der Waals surface area contributed by atoms with E-state index in [1.165, 1.54) is 39.5 Å². The number of rotatable bonds is 7. The first-order valence-electron chi connectivity index (χ1n) is 9.62. The zero-order valence-corrected chi connectivity index (χ0v) is 18.1. The van der Waals surface area contributed by atoms with Crippen molar-refractivity contribution in [3.05, 3.63) is 70.5 Å². The molecule has 1 N–H and O–H groups in total. The molecule has 0 saturated carbocycles. The third kappa shape index (κ3) is 4.99. The van der Waals surface area contributed by atoms with Gasteiger partial charge in [0.2, 0.25) is 0 Å². The number of esters is 1. The summed E-state index contributed by atoms with van der Waals surface area (Å²) in [6.07, 6.45) is 4.13. The maximum Gasteiger partial charge on any atom is 0.313 e. The lowest BCUT2D eigenvalue weighted by Crippen LogP contribution is -2.34. The van der Waals surface area contributed by atoms with Crippen LogP contribution >= 0.6 is 11.6 Å². The van der Waals surface area contributed by atoms with Crippen LogP contribution in [0.5, 0.6) is 11.5 Å². The molecule has 0 spiro atoms. The SMILES string of the molecule is COC(=O)[C@H](c1ccc(F)cc1Cl)[C@@H]1C=C[C@@H](NC(=O)c2ccc(OC)cc2OC)C1. The largest absolute Gasteiger partial charge is 0.497 e. The summed E-state index contributed by atoms with van der Waals surface area (Å²) in [7, 11) is 4.30. The highest BCUT2D eigenvalue weighted by atomic mass is 35.5. The molecule has 0 unspecified atom stereocenters. The number of hydrogen-bond donors (Lipinski definition) is 1. The van der Waals surface area contributed by atoms with Gasteiger partial charge in [0.05, 0.1) is 32.8 Å². The number of ether oxygens (including phenoxy) is 3. The summed E-state index contributed by atoms with van der Waals surface area (Å²) in [4.78, 5) is 25.3. The van der Waals surface area contributed by atoms with Crippen molar-refractivity contribution in [3.8, 4) is 11.5 Å². The Hall–Kier alpha value is -3.06. The van der Waals surface area contributed by atoms with Crippen LogP contribution in [0, 0.1) is 11.7 Å². The van der Waals surface area contributed by atoms with Gasteiger partial charge in [0.15, 0.2) is 0 Å². The normalized spacial score (nSPS) is 18.4. The van der Waals surface area contributed by atoms with Crippen molar-refractivity contribution >= 4 is 23.5 Å². The van der Waals surface area contributed by atoms with E-state index in [0.29, 0.717) is 29.0 Å². The minimum absolute atomic E-state index is 0.152. The second kappa shape index (κ2) is 9.83. The lowest BCUT2D eigenvalue weighted by Gasteiger charge is -2.23. The Bertz CT molecular complexity index is 1010. The fourth-order valence-corrected chi connectivity index (χ4v) is 4.01. The second-order valence-electron chi connectivity index (χ2n) is 7.10. The number of nitrogens with one attached hydrogen (secondary N) is 1. The number of amides is 1. The minimum Gasteiger partial charge on any atom is -0.497 e. The van der Waals surface area contributed by atoms with Crippen LogP contribution in [-0.2, 0) is 9.53 Å². The predicted octanol–water partition coefficient (Wildman–Crippen LogP) is 4.13. The predicted molar refractivity (Wildman–Crippen MR) is 114 cm³/mol. The van der Waals surface area contributed by atoms with Crippen molar-refractivity contribution in [1.82, 2.24) is 5.32 Å². The van der Waals surface area contributed by atoms with Crippen LogP contribution in [0.25, 0.3) is 0 Å². The van der Waals surface area contributed by atoms with Gasteiger partial charge in [-0.3, -0.25) is 9.59 Å². The van der Waals surface area contributed by atoms with E-state index in [1.54, 1.807) is 18.2 Å². The highest BCUT2D eigenvalue weighted by molar-refractivity contribution is 6.31. The van der Waals surface area contributed by atoms with Gasteiger partial charge in [0, 0.05) is 17.1 Å². The molecule has 3 atom stereocenters. The molecule has 8 heteroatoms. The van der Waals surface area contributed by atoms with E-state index >= 15 is 0 Å². The van der Waals surface area contributed by atoms with Crippen molar-refractivity contribution in [2.45, 2.75) is 18.4 Å². The van der Waals surface area contributed by atoms with Crippen molar-refractivity contribution in [2.75, 3.05) is 21.3 Å². The van der Waals surface area contributed by atoms with Crippen LogP contribution in [0.2, 0.25) is 5.02 Å². The Morgan fingerprint density at radius 1 is 1.10 bits per heavy atom. The lowest BCUT2D eigenvalue weighted by atomic mass is 9.85. The average molecular weight is 448 g/mol. The highest BCUT2D eigenvalue weighted by Crippen LogP contribution is 2.38. The number of hydrogen-bond acceptors (Lipinski definition) is 5. The van der Waals surface area contributed by atoms with Crippen LogP contribution in [0.15, 0.2) is 48.6 Å². The lowest BCUT2D eigenvalue weighted by molar-refractivity contribution is -0.143. The van der Waals surface area contributed by atoms with Crippen LogP contribution in [0.3, 0.4) is 0 Å². The van der Waals surface area contributed by atoms with Gasteiger partial charge in [0.25, 0.3) is 5.91 Å². The Labute approximate surface area is 184 Å². The summed E-state index contributed by atoms with van der Waals surface area (Å²) in [5.41, 5.74) is 0.847. The van der Waals surface area contributed by atoms with Gasteiger partial charge < -0.3 is 19.5 Å². The first kappa shape index (κ1) is 22.6. The molecule has 0 fully saturated rings. The summed E-state index contributed by atoms with van der Waals surface area (Å²) in [6.45, 7) is 0. The Kier molecular flexibility index (Phi) is 7.17. The topological polar surface area (TPSA) is 73.9 Å². The molecule has 3 rings (SSSR count). The number of halogens is 2. The van der Waals surface area contributed by atoms with Gasteiger partial charge in [-0.1, -0.05) is 29.8 Å². The van der Waals surface area contributed by atoms with E-state index in [1.807, 2.05) is 12.2 Å². The maximum absolute atomic E-state index is 13.5. The molecule has 0 saturated heterocycles. The molecule has 2 aromatic carbocycles. The zero-order valence-electron chi connectivity index (χ0n) is 17.4. The number of carbonyl (C=O) groups is 2. The molecule has 0 aliphatic heterocycles. The Balaban J connectivity index is 1.76. The van der Waals surface area contributed by atoms with Crippen LogP contribution < -0.4 is 14.8 Å². The summed E-state index contributed by atoms with van der Waals surface area (Å²) < 4.78 is 28.9. The molecule has 1 aliphatic rings. The Morgan fingerprint density at radius 3 is 2.52 bits per heavy atom. The van der Waals surface area contributed by atoms with Crippen molar-refractivity contribution in [3.63, 3.8) is 0 Å². The number of allylic oxidation sites excluding steroid dienone is 1. The average Bonchev–Trinajstić information content (AvgIpc) is 3.22. The van der Waals surface area contributed by atoms with Gasteiger partial charge in [-0.2, -0.15) is 0 Å². The van der Waals surface area contributed by atoms with Gasteiger partial charge in [0.1, 0.15) is 17.3 Å². The second-order valence-corrected chi connectivity index (χ2v) is 7.50. The van der Waals surface area contributed by atoms with Gasteiger partial charge >= 0.3 is 5.97 Å². The number of benzene rings is 2. The molecule has 6 nitrogen and oxygen atoms in total. The van der Waals surface area contributed by atoms with Crippen molar-refractivity contribution < 1.29 is 28.2 Å². The molecule has 1 amide bonds. The van der Waals surface area contributed by atoms with E-state index in [9.17, 15) is 14.0 Å². The summed E-state index contributed by atoms with van der Waals surface area (Å²) in [6, 6.07) is 8.53. The molecule has 31 heavy (non-hydrogen) atoms. The van der Waals surface area contributed by atoms with E-state index in [-0.39, 0.29) is 22.9 Å². The first-order valence-corrected chi connectivity index (χ1v) is 9.99. The van der Waals surface area contributed by atoms with Crippen molar-refractivity contribution in [2.24, 2.45) is 5.92 Å².